The van der Waals surface area contributed by atoms with E-state index >= 15 is 0 Å². The van der Waals surface area contributed by atoms with Gasteiger partial charge < -0.3 is 9.80 Å². The number of piperidine rings is 1. The summed E-state index contributed by atoms with van der Waals surface area (Å²) in [6, 6.07) is 6.45. The first-order chi connectivity index (χ1) is 14.0. The van der Waals surface area contributed by atoms with Crippen molar-refractivity contribution in [3.05, 3.63) is 29.8 Å². The van der Waals surface area contributed by atoms with E-state index in [1.807, 2.05) is 4.90 Å². The zero-order chi connectivity index (χ0) is 21.6. The summed E-state index contributed by atoms with van der Waals surface area (Å²) < 4.78 is 63.2. The van der Waals surface area contributed by atoms with Crippen molar-refractivity contribution < 1.29 is 26.4 Å². The molecule has 0 aliphatic carbocycles. The highest BCUT2D eigenvalue weighted by Crippen LogP contribution is 2.37. The molecule has 30 heavy (non-hydrogen) atoms. The molecule has 6 nitrogen and oxygen atoms in total. The summed E-state index contributed by atoms with van der Waals surface area (Å²) in [5, 5.41) is 0. The summed E-state index contributed by atoms with van der Waals surface area (Å²) in [6.45, 7) is 2.13. The molecule has 0 saturated carbocycles. The molecule has 0 aromatic heterocycles. The van der Waals surface area contributed by atoms with Gasteiger partial charge in [0.25, 0.3) is 0 Å². The number of thioether (sulfide) groups is 1. The molecule has 0 atom stereocenters. The molecule has 166 valence electrons. The van der Waals surface area contributed by atoms with E-state index in [0.717, 1.165) is 24.8 Å². The zero-order valence-corrected chi connectivity index (χ0v) is 18.0. The van der Waals surface area contributed by atoms with Crippen LogP contribution in [0.15, 0.2) is 29.2 Å². The van der Waals surface area contributed by atoms with Gasteiger partial charge in [-0.25, -0.2) is 17.9 Å². The molecule has 0 unspecified atom stereocenters. The molecule has 3 saturated heterocycles. The third-order valence-electron chi connectivity index (χ3n) is 6.05. The number of halogens is 3. The molecule has 3 fully saturated rings. The molecule has 11 heteroatoms. The van der Waals surface area contributed by atoms with Crippen molar-refractivity contribution in [2.24, 2.45) is 5.92 Å². The van der Waals surface area contributed by atoms with E-state index in [1.54, 1.807) is 17.0 Å². The minimum Gasteiger partial charge on any atom is -0.325 e. The number of sulfonamides is 1. The van der Waals surface area contributed by atoms with Gasteiger partial charge in [0.1, 0.15) is 0 Å². The van der Waals surface area contributed by atoms with E-state index in [0.29, 0.717) is 38.5 Å². The average molecular weight is 464 g/mol. The number of hydrogen-bond donors (Lipinski definition) is 1. The highest BCUT2D eigenvalue weighted by Gasteiger charge is 2.52. The highest BCUT2D eigenvalue weighted by atomic mass is 32.2. The number of nitrogens with one attached hydrogen (secondary N) is 1. The number of carbonyl (C=O) groups excluding carboxylic acids is 1. The summed E-state index contributed by atoms with van der Waals surface area (Å²) >= 11 is -0.111. The molecule has 1 spiro atoms. The predicted molar refractivity (Wildman–Crippen MR) is 108 cm³/mol. The second-order valence-corrected chi connectivity index (χ2v) is 11.4. The highest BCUT2D eigenvalue weighted by molar-refractivity contribution is 8.00. The molecule has 3 aliphatic heterocycles. The monoisotopic (exact) mass is 463 g/mol. The Hall–Kier alpha value is -1.46. The van der Waals surface area contributed by atoms with E-state index in [1.165, 1.54) is 12.1 Å². The van der Waals surface area contributed by atoms with Gasteiger partial charge in [0.05, 0.1) is 11.3 Å². The molecule has 2 amide bonds. The van der Waals surface area contributed by atoms with Gasteiger partial charge in [-0.15, -0.1) is 0 Å². The molecule has 1 aromatic rings. The van der Waals surface area contributed by atoms with E-state index in [2.05, 4.69) is 4.72 Å². The van der Waals surface area contributed by atoms with Gasteiger partial charge in [-0.3, -0.25) is 0 Å². The first kappa shape index (κ1) is 21.8. The Labute approximate surface area is 178 Å². The van der Waals surface area contributed by atoms with Gasteiger partial charge in [-0.1, -0.05) is 12.1 Å². The maximum atomic E-state index is 12.7. The zero-order valence-electron chi connectivity index (χ0n) is 16.3. The Kier molecular flexibility index (Phi) is 5.73. The number of benzene rings is 1. The van der Waals surface area contributed by atoms with E-state index < -0.39 is 21.1 Å². The van der Waals surface area contributed by atoms with Crippen molar-refractivity contribution in [3.8, 4) is 0 Å². The number of likely N-dealkylation sites (tertiary alicyclic amines) is 2. The van der Waals surface area contributed by atoms with Crippen molar-refractivity contribution in [2.75, 3.05) is 31.9 Å². The number of amides is 2. The molecule has 4 rings (SSSR count). The van der Waals surface area contributed by atoms with Crippen molar-refractivity contribution in [1.82, 2.24) is 14.5 Å². The van der Waals surface area contributed by atoms with Crippen LogP contribution in [0.2, 0.25) is 0 Å². The van der Waals surface area contributed by atoms with Crippen LogP contribution in [0.4, 0.5) is 18.0 Å². The first-order valence-corrected chi connectivity index (χ1v) is 12.4. The van der Waals surface area contributed by atoms with Gasteiger partial charge in [-0.2, -0.15) is 13.2 Å². The molecule has 0 radical (unpaired) electrons. The minimum absolute atomic E-state index is 0.0429. The van der Waals surface area contributed by atoms with Crippen LogP contribution in [-0.2, 0) is 16.4 Å². The molecule has 1 N–H and O–H groups in total. The van der Waals surface area contributed by atoms with Gasteiger partial charge >= 0.3 is 11.5 Å². The number of hydrogen-bond acceptors (Lipinski definition) is 4. The van der Waals surface area contributed by atoms with E-state index in [9.17, 15) is 26.4 Å². The van der Waals surface area contributed by atoms with Crippen LogP contribution < -0.4 is 4.72 Å². The topological polar surface area (TPSA) is 69.7 Å². The van der Waals surface area contributed by atoms with Crippen molar-refractivity contribution in [1.29, 1.82) is 0 Å². The number of urea groups is 1. The molecule has 3 aliphatic rings. The van der Waals surface area contributed by atoms with Gasteiger partial charge in [0.15, 0.2) is 0 Å². The second-order valence-electron chi connectivity index (χ2n) is 8.42. The summed E-state index contributed by atoms with van der Waals surface area (Å²) in [5.74, 6) is 0.510. The van der Waals surface area contributed by atoms with Crippen LogP contribution in [0.25, 0.3) is 0 Å². The fourth-order valence-electron chi connectivity index (χ4n) is 4.49. The maximum absolute atomic E-state index is 12.7. The lowest BCUT2D eigenvalue weighted by atomic mass is 9.88. The Balaban J connectivity index is 1.22. The quantitative estimate of drug-likeness (QED) is 0.700. The SMILES string of the molecule is O=C(N1CCC(Cc2ccc(SC(F)(F)F)cc2)CC1)N1CC2(CCS(=O)(=O)N2)C1. The molecule has 3 heterocycles. The van der Waals surface area contributed by atoms with E-state index in [-0.39, 0.29) is 28.4 Å². The number of nitrogens with zero attached hydrogens (tertiary/aromatic N) is 2. The van der Waals surface area contributed by atoms with E-state index in [4.69, 9.17) is 0 Å². The lowest BCUT2D eigenvalue weighted by molar-refractivity contribution is -0.0328. The lowest BCUT2D eigenvalue weighted by Gasteiger charge is -2.49. The summed E-state index contributed by atoms with van der Waals surface area (Å²) in [7, 11) is -3.20. The Morgan fingerprint density at radius 2 is 1.77 bits per heavy atom. The maximum Gasteiger partial charge on any atom is 0.446 e. The lowest BCUT2D eigenvalue weighted by Crippen LogP contribution is -2.70. The van der Waals surface area contributed by atoms with Crippen LogP contribution in [0.3, 0.4) is 0 Å². The summed E-state index contributed by atoms with van der Waals surface area (Å²) in [5.41, 5.74) is -3.74. The van der Waals surface area contributed by atoms with Gasteiger partial charge in [0, 0.05) is 31.1 Å². The Morgan fingerprint density at radius 1 is 1.13 bits per heavy atom. The minimum atomic E-state index is -4.28. The summed E-state index contributed by atoms with van der Waals surface area (Å²) in [4.78, 5) is 16.4. The predicted octanol–water partition coefficient (Wildman–Crippen LogP) is 3.05. The molecule has 1 aromatic carbocycles. The van der Waals surface area contributed by atoms with Crippen LogP contribution in [-0.4, -0.2) is 67.2 Å². The Bertz CT molecular complexity index is 892. The molecule has 0 bridgehead atoms. The van der Waals surface area contributed by atoms with Gasteiger partial charge in [-0.05, 0) is 61.1 Å². The smallest absolute Gasteiger partial charge is 0.325 e. The second kappa shape index (κ2) is 7.90. The van der Waals surface area contributed by atoms with Crippen LogP contribution in [0.5, 0.6) is 0 Å². The normalized spacial score (nSPS) is 23.6. The summed E-state index contributed by atoms with van der Waals surface area (Å²) in [6.07, 6.45) is 3.02. The molecular formula is C19H24F3N3O3S2. The average Bonchev–Trinajstić information content (AvgIpc) is 2.97. The van der Waals surface area contributed by atoms with Crippen LogP contribution >= 0.6 is 11.8 Å². The third kappa shape index (κ3) is 5.05. The number of carbonyl (C=O) groups is 1. The fourth-order valence-corrected chi connectivity index (χ4v) is 6.68. The van der Waals surface area contributed by atoms with Crippen molar-refractivity contribution >= 4 is 27.8 Å². The standard InChI is InChI=1S/C19H24F3N3O3S2/c20-19(21,22)29-16-3-1-14(2-4-16)11-15-5-8-24(9-6-15)17(26)25-12-18(13-25)7-10-30(27,28)23-18/h1-4,15,23H,5-13H2. The van der Waals surface area contributed by atoms with Crippen LogP contribution in [0.1, 0.15) is 24.8 Å². The third-order valence-corrected chi connectivity index (χ3v) is 8.27. The van der Waals surface area contributed by atoms with Crippen molar-refractivity contribution in [2.45, 2.75) is 41.6 Å². The fraction of sp³-hybridized carbons (Fsp3) is 0.632. The van der Waals surface area contributed by atoms with Gasteiger partial charge in [0.2, 0.25) is 10.0 Å². The van der Waals surface area contributed by atoms with Crippen molar-refractivity contribution in [3.63, 3.8) is 0 Å². The number of rotatable bonds is 3. The Morgan fingerprint density at radius 3 is 2.30 bits per heavy atom. The number of alkyl halides is 3. The molecular weight excluding hydrogens is 439 g/mol. The van der Waals surface area contributed by atoms with Crippen LogP contribution in [0, 0.1) is 5.92 Å². The largest absolute Gasteiger partial charge is 0.446 e. The first-order valence-electron chi connectivity index (χ1n) is 9.93.